The molecule has 1 aromatic carbocycles. The molecule has 6 heteroatoms. The van der Waals surface area contributed by atoms with Gasteiger partial charge in [-0.25, -0.2) is 4.39 Å². The quantitative estimate of drug-likeness (QED) is 0.905. The topological polar surface area (TPSA) is 60.2 Å². The molecule has 2 heterocycles. The molecular formula is C14H16FN3O2. The van der Waals surface area contributed by atoms with E-state index in [-0.39, 0.29) is 12.4 Å². The summed E-state index contributed by atoms with van der Waals surface area (Å²) in [5.41, 5.74) is 0. The highest BCUT2D eigenvalue weighted by Crippen LogP contribution is 2.15. The first-order valence-corrected chi connectivity index (χ1v) is 6.70. The molecule has 1 aliphatic heterocycles. The van der Waals surface area contributed by atoms with E-state index in [9.17, 15) is 4.39 Å². The molecular weight excluding hydrogens is 261 g/mol. The zero-order valence-electron chi connectivity index (χ0n) is 11.0. The second kappa shape index (κ2) is 6.00. The Morgan fingerprint density at radius 1 is 1.35 bits per heavy atom. The molecule has 5 nitrogen and oxygen atoms in total. The van der Waals surface area contributed by atoms with Crippen molar-refractivity contribution in [1.82, 2.24) is 15.5 Å². The van der Waals surface area contributed by atoms with E-state index in [0.717, 1.165) is 25.9 Å². The first-order chi connectivity index (χ1) is 9.79. The van der Waals surface area contributed by atoms with Gasteiger partial charge in [0.15, 0.2) is 6.61 Å². The standard InChI is InChI=1S/C14H16FN3O2/c15-11-1-3-12(4-2-11)19-9-13-17-14(20-18-13)7-10-5-6-16-8-10/h1-4,10,16H,5-9H2. The van der Waals surface area contributed by atoms with Crippen LogP contribution in [-0.2, 0) is 13.0 Å². The maximum atomic E-state index is 12.7. The van der Waals surface area contributed by atoms with E-state index in [4.69, 9.17) is 9.26 Å². The fraction of sp³-hybridized carbons (Fsp3) is 0.429. The molecule has 0 saturated carbocycles. The van der Waals surface area contributed by atoms with Crippen molar-refractivity contribution in [3.8, 4) is 5.75 Å². The third kappa shape index (κ3) is 3.33. The van der Waals surface area contributed by atoms with Crippen LogP contribution in [0.4, 0.5) is 4.39 Å². The van der Waals surface area contributed by atoms with Crippen LogP contribution in [0.25, 0.3) is 0 Å². The smallest absolute Gasteiger partial charge is 0.227 e. The molecule has 1 unspecified atom stereocenters. The Hall–Kier alpha value is -1.95. The molecule has 1 N–H and O–H groups in total. The van der Waals surface area contributed by atoms with Crippen molar-refractivity contribution in [2.45, 2.75) is 19.4 Å². The van der Waals surface area contributed by atoms with Gasteiger partial charge in [0.1, 0.15) is 11.6 Å². The molecule has 0 aliphatic carbocycles. The van der Waals surface area contributed by atoms with E-state index in [1.54, 1.807) is 12.1 Å². The van der Waals surface area contributed by atoms with Crippen molar-refractivity contribution in [2.24, 2.45) is 5.92 Å². The van der Waals surface area contributed by atoms with E-state index in [1.807, 2.05) is 0 Å². The van der Waals surface area contributed by atoms with Crippen LogP contribution in [0.15, 0.2) is 28.8 Å². The fourth-order valence-corrected chi connectivity index (χ4v) is 2.25. The minimum Gasteiger partial charge on any atom is -0.485 e. The van der Waals surface area contributed by atoms with Gasteiger partial charge >= 0.3 is 0 Å². The molecule has 0 bridgehead atoms. The van der Waals surface area contributed by atoms with E-state index in [1.165, 1.54) is 12.1 Å². The number of nitrogens with one attached hydrogen (secondary N) is 1. The largest absolute Gasteiger partial charge is 0.485 e. The highest BCUT2D eigenvalue weighted by Gasteiger charge is 2.18. The maximum Gasteiger partial charge on any atom is 0.227 e. The summed E-state index contributed by atoms with van der Waals surface area (Å²) in [4.78, 5) is 4.30. The first kappa shape index (κ1) is 13.1. The second-order valence-corrected chi connectivity index (χ2v) is 4.91. The van der Waals surface area contributed by atoms with Crippen LogP contribution in [-0.4, -0.2) is 23.2 Å². The normalized spacial score (nSPS) is 18.4. The lowest BCUT2D eigenvalue weighted by atomic mass is 10.1. The third-order valence-corrected chi connectivity index (χ3v) is 3.32. The molecule has 0 radical (unpaired) electrons. The van der Waals surface area contributed by atoms with Crippen molar-refractivity contribution in [3.05, 3.63) is 41.8 Å². The Bertz CT molecular complexity index is 550. The van der Waals surface area contributed by atoms with Crippen LogP contribution < -0.4 is 10.1 Å². The Labute approximate surface area is 116 Å². The van der Waals surface area contributed by atoms with Gasteiger partial charge in [-0.2, -0.15) is 4.98 Å². The molecule has 1 aromatic heterocycles. The highest BCUT2D eigenvalue weighted by atomic mass is 19.1. The zero-order valence-corrected chi connectivity index (χ0v) is 11.0. The van der Waals surface area contributed by atoms with Crippen LogP contribution in [0.3, 0.4) is 0 Å². The van der Waals surface area contributed by atoms with Gasteiger partial charge in [-0.15, -0.1) is 0 Å². The van der Waals surface area contributed by atoms with Crippen LogP contribution in [0.5, 0.6) is 5.75 Å². The number of ether oxygens (including phenoxy) is 1. The van der Waals surface area contributed by atoms with E-state index in [0.29, 0.717) is 23.4 Å². The van der Waals surface area contributed by atoms with Crippen LogP contribution in [0.1, 0.15) is 18.1 Å². The maximum absolute atomic E-state index is 12.7. The monoisotopic (exact) mass is 277 g/mol. The SMILES string of the molecule is Fc1ccc(OCc2noc(CC3CCNC3)n2)cc1. The summed E-state index contributed by atoms with van der Waals surface area (Å²) in [6.45, 7) is 2.28. The summed E-state index contributed by atoms with van der Waals surface area (Å²) in [5, 5.41) is 7.19. The molecule has 106 valence electrons. The zero-order chi connectivity index (χ0) is 13.8. The van der Waals surface area contributed by atoms with Gasteiger partial charge in [-0.1, -0.05) is 5.16 Å². The van der Waals surface area contributed by atoms with Crippen molar-refractivity contribution in [1.29, 1.82) is 0 Å². The highest BCUT2D eigenvalue weighted by molar-refractivity contribution is 5.22. The number of nitrogens with zero attached hydrogens (tertiary/aromatic N) is 2. The fourth-order valence-electron chi connectivity index (χ4n) is 2.25. The Kier molecular flexibility index (Phi) is 3.92. The van der Waals surface area contributed by atoms with Gasteiger partial charge in [0.2, 0.25) is 11.7 Å². The molecule has 2 aromatic rings. The average Bonchev–Trinajstić information content (AvgIpc) is 3.11. The average molecular weight is 277 g/mol. The van der Waals surface area contributed by atoms with E-state index < -0.39 is 0 Å². The lowest BCUT2D eigenvalue weighted by Gasteiger charge is -2.02. The Morgan fingerprint density at radius 3 is 2.95 bits per heavy atom. The predicted octanol–water partition coefficient (Wildman–Crippen LogP) is 1.94. The van der Waals surface area contributed by atoms with Crippen LogP contribution in [0, 0.1) is 11.7 Å². The summed E-state index contributed by atoms with van der Waals surface area (Å²) in [7, 11) is 0. The molecule has 1 saturated heterocycles. The van der Waals surface area contributed by atoms with Crippen molar-refractivity contribution in [3.63, 3.8) is 0 Å². The molecule has 1 atom stereocenters. The lowest BCUT2D eigenvalue weighted by Crippen LogP contribution is -2.10. The minimum atomic E-state index is -0.288. The number of benzene rings is 1. The first-order valence-electron chi connectivity index (χ1n) is 6.70. The summed E-state index contributed by atoms with van der Waals surface area (Å²) in [5.74, 6) is 2.02. The summed E-state index contributed by atoms with van der Waals surface area (Å²) < 4.78 is 23.4. The molecule has 1 aliphatic rings. The van der Waals surface area contributed by atoms with Gasteiger partial charge < -0.3 is 14.6 Å². The van der Waals surface area contributed by atoms with Gasteiger partial charge in [-0.05, 0) is 49.7 Å². The number of aromatic nitrogens is 2. The summed E-state index contributed by atoms with van der Waals surface area (Å²) >= 11 is 0. The number of hydrogen-bond acceptors (Lipinski definition) is 5. The van der Waals surface area contributed by atoms with Crippen molar-refractivity contribution < 1.29 is 13.7 Å². The van der Waals surface area contributed by atoms with Crippen molar-refractivity contribution in [2.75, 3.05) is 13.1 Å². The molecule has 1 fully saturated rings. The minimum absolute atomic E-state index is 0.220. The van der Waals surface area contributed by atoms with Gasteiger partial charge in [0.05, 0.1) is 0 Å². The van der Waals surface area contributed by atoms with E-state index in [2.05, 4.69) is 15.5 Å². The van der Waals surface area contributed by atoms with Crippen LogP contribution in [0.2, 0.25) is 0 Å². The summed E-state index contributed by atoms with van der Waals surface area (Å²) in [6, 6.07) is 5.84. The predicted molar refractivity (Wildman–Crippen MR) is 69.7 cm³/mol. The van der Waals surface area contributed by atoms with Gasteiger partial charge in [0, 0.05) is 6.42 Å². The number of halogens is 1. The second-order valence-electron chi connectivity index (χ2n) is 4.91. The van der Waals surface area contributed by atoms with Gasteiger partial charge in [-0.3, -0.25) is 0 Å². The summed E-state index contributed by atoms with van der Waals surface area (Å²) in [6.07, 6.45) is 1.94. The van der Waals surface area contributed by atoms with E-state index >= 15 is 0 Å². The third-order valence-electron chi connectivity index (χ3n) is 3.32. The van der Waals surface area contributed by atoms with Crippen molar-refractivity contribution >= 4 is 0 Å². The molecule has 0 amide bonds. The Morgan fingerprint density at radius 2 is 2.20 bits per heavy atom. The Balaban J connectivity index is 1.52. The molecule has 0 spiro atoms. The molecule has 20 heavy (non-hydrogen) atoms. The van der Waals surface area contributed by atoms with Crippen LogP contribution >= 0.6 is 0 Å². The number of hydrogen-bond donors (Lipinski definition) is 1. The lowest BCUT2D eigenvalue weighted by molar-refractivity contribution is 0.284. The molecule has 3 rings (SSSR count). The van der Waals surface area contributed by atoms with Gasteiger partial charge in [0.25, 0.3) is 0 Å². The number of rotatable bonds is 5.